The first-order valence-electron chi connectivity index (χ1n) is 8.08. The number of hydrogen-bond donors (Lipinski definition) is 1. The van der Waals surface area contributed by atoms with Crippen molar-refractivity contribution in [3.63, 3.8) is 0 Å². The van der Waals surface area contributed by atoms with Crippen LogP contribution in [0.3, 0.4) is 0 Å². The van der Waals surface area contributed by atoms with Crippen molar-refractivity contribution in [3.8, 4) is 11.5 Å². The largest absolute Gasteiger partial charge is 0.497 e. The summed E-state index contributed by atoms with van der Waals surface area (Å²) in [7, 11) is 1.67. The molecule has 0 radical (unpaired) electrons. The Morgan fingerprint density at radius 2 is 2.00 bits per heavy atom. The van der Waals surface area contributed by atoms with E-state index in [4.69, 9.17) is 21.7 Å². The van der Waals surface area contributed by atoms with Gasteiger partial charge >= 0.3 is 0 Å². The quantitative estimate of drug-likeness (QED) is 0.863. The minimum atomic E-state index is -0.443. The third-order valence-electron chi connectivity index (χ3n) is 4.82. The second-order valence-corrected chi connectivity index (χ2v) is 6.84. The normalized spacial score (nSPS) is 24.7. The molecule has 2 aliphatic heterocycles. The Morgan fingerprint density at radius 1 is 1.25 bits per heavy atom. The number of ether oxygens (including phenoxy) is 2. The van der Waals surface area contributed by atoms with Gasteiger partial charge in [0.05, 0.1) is 13.2 Å². The lowest BCUT2D eigenvalue weighted by atomic mass is 9.90. The van der Waals surface area contributed by atoms with Crippen molar-refractivity contribution >= 4 is 17.3 Å². The molecule has 4 rings (SSSR count). The molecule has 0 aliphatic carbocycles. The molecule has 2 aliphatic rings. The minimum absolute atomic E-state index is 0.208. The van der Waals surface area contributed by atoms with Crippen LogP contribution in [0.1, 0.15) is 30.5 Å². The number of nitrogens with zero attached hydrogens (tertiary/aromatic N) is 1. The van der Waals surface area contributed by atoms with Crippen LogP contribution >= 0.6 is 12.2 Å². The van der Waals surface area contributed by atoms with Gasteiger partial charge in [-0.2, -0.15) is 0 Å². The maximum absolute atomic E-state index is 6.36. The van der Waals surface area contributed by atoms with E-state index in [1.165, 1.54) is 11.1 Å². The molecular formula is C19H20N2O2S. The standard InChI is InChI=1S/C19H20N2O2S/c1-19-11-16(15-5-3-4-6-17(15)23-19)20-18(24)21(19)12-13-7-9-14(22-2)10-8-13/h3-10,16H,11-12H2,1-2H3,(H,20,24)/t16-,19-/m0/s1. The van der Waals surface area contributed by atoms with Gasteiger partial charge in [0.1, 0.15) is 11.5 Å². The van der Waals surface area contributed by atoms with Gasteiger partial charge in [-0.1, -0.05) is 30.3 Å². The number of para-hydroxylation sites is 1. The number of rotatable bonds is 3. The average molecular weight is 340 g/mol. The zero-order chi connectivity index (χ0) is 16.7. The highest BCUT2D eigenvalue weighted by Gasteiger charge is 2.47. The SMILES string of the molecule is COc1ccc(CN2C(=S)N[C@H]3C[C@]2(C)Oc2ccccc23)cc1. The summed E-state index contributed by atoms with van der Waals surface area (Å²) < 4.78 is 11.6. The molecule has 0 saturated carbocycles. The fourth-order valence-corrected chi connectivity index (χ4v) is 3.92. The molecular weight excluding hydrogens is 320 g/mol. The fraction of sp³-hybridized carbons (Fsp3) is 0.316. The molecule has 2 atom stereocenters. The van der Waals surface area contributed by atoms with E-state index in [0.29, 0.717) is 6.54 Å². The van der Waals surface area contributed by atoms with Crippen molar-refractivity contribution in [1.29, 1.82) is 0 Å². The van der Waals surface area contributed by atoms with E-state index in [-0.39, 0.29) is 6.04 Å². The van der Waals surface area contributed by atoms with E-state index < -0.39 is 5.72 Å². The predicted octanol–water partition coefficient (Wildman–Crippen LogP) is 3.63. The van der Waals surface area contributed by atoms with Crippen molar-refractivity contribution in [2.75, 3.05) is 7.11 Å². The number of thiocarbonyl (C=S) groups is 1. The van der Waals surface area contributed by atoms with E-state index in [1.54, 1.807) is 7.11 Å². The Balaban J connectivity index is 1.63. The predicted molar refractivity (Wildman–Crippen MR) is 97.1 cm³/mol. The van der Waals surface area contributed by atoms with Crippen molar-refractivity contribution < 1.29 is 9.47 Å². The van der Waals surface area contributed by atoms with Gasteiger partial charge < -0.3 is 19.7 Å². The Hall–Kier alpha value is -2.27. The summed E-state index contributed by atoms with van der Waals surface area (Å²) in [5, 5.41) is 4.21. The Kier molecular flexibility index (Phi) is 3.61. The van der Waals surface area contributed by atoms with Crippen LogP contribution in [0.5, 0.6) is 11.5 Å². The second-order valence-electron chi connectivity index (χ2n) is 6.46. The molecule has 1 N–H and O–H groups in total. The van der Waals surface area contributed by atoms with E-state index in [0.717, 1.165) is 23.0 Å². The number of nitrogens with one attached hydrogen (secondary N) is 1. The van der Waals surface area contributed by atoms with E-state index >= 15 is 0 Å². The topological polar surface area (TPSA) is 33.7 Å². The third kappa shape index (κ3) is 2.49. The maximum atomic E-state index is 6.36. The first-order chi connectivity index (χ1) is 11.6. The van der Waals surface area contributed by atoms with Crippen LogP contribution in [-0.2, 0) is 6.54 Å². The lowest BCUT2D eigenvalue weighted by Crippen LogP contribution is -2.64. The monoisotopic (exact) mass is 340 g/mol. The van der Waals surface area contributed by atoms with Gasteiger partial charge in [0.15, 0.2) is 10.8 Å². The fourth-order valence-electron chi connectivity index (χ4n) is 3.52. The lowest BCUT2D eigenvalue weighted by molar-refractivity contribution is -0.0722. The van der Waals surface area contributed by atoms with Crippen LogP contribution in [0.2, 0.25) is 0 Å². The molecule has 2 bridgehead atoms. The molecule has 0 unspecified atom stereocenters. The summed E-state index contributed by atoms with van der Waals surface area (Å²) in [4.78, 5) is 2.14. The summed E-state index contributed by atoms with van der Waals surface area (Å²) >= 11 is 5.64. The Bertz CT molecular complexity index is 777. The first kappa shape index (κ1) is 15.3. The molecule has 2 aromatic rings. The van der Waals surface area contributed by atoms with Gasteiger partial charge in [-0.15, -0.1) is 0 Å². The number of benzene rings is 2. The van der Waals surface area contributed by atoms with Crippen LogP contribution in [0, 0.1) is 0 Å². The van der Waals surface area contributed by atoms with Crippen molar-refractivity contribution in [1.82, 2.24) is 10.2 Å². The first-order valence-corrected chi connectivity index (χ1v) is 8.49. The van der Waals surface area contributed by atoms with Crippen molar-refractivity contribution in [3.05, 3.63) is 59.7 Å². The van der Waals surface area contributed by atoms with E-state index in [1.807, 2.05) is 30.3 Å². The highest BCUT2D eigenvalue weighted by molar-refractivity contribution is 7.80. The van der Waals surface area contributed by atoms with Crippen LogP contribution in [0.4, 0.5) is 0 Å². The van der Waals surface area contributed by atoms with Gasteiger partial charge in [0, 0.05) is 18.5 Å². The zero-order valence-corrected chi connectivity index (χ0v) is 14.6. The van der Waals surface area contributed by atoms with Crippen molar-refractivity contribution in [2.24, 2.45) is 0 Å². The molecule has 2 heterocycles. The Morgan fingerprint density at radius 3 is 2.75 bits per heavy atom. The molecule has 1 saturated heterocycles. The molecule has 5 heteroatoms. The van der Waals surface area contributed by atoms with Crippen molar-refractivity contribution in [2.45, 2.75) is 31.7 Å². The summed E-state index contributed by atoms with van der Waals surface area (Å²) in [5.74, 6) is 1.79. The highest BCUT2D eigenvalue weighted by atomic mass is 32.1. The summed E-state index contributed by atoms with van der Waals surface area (Å²) in [6.45, 7) is 2.81. The minimum Gasteiger partial charge on any atom is -0.497 e. The molecule has 0 spiro atoms. The second kappa shape index (κ2) is 5.67. The van der Waals surface area contributed by atoms with Gasteiger partial charge in [0.2, 0.25) is 0 Å². The third-order valence-corrected chi connectivity index (χ3v) is 5.16. The lowest BCUT2D eigenvalue weighted by Gasteiger charge is -2.52. The molecule has 124 valence electrons. The van der Waals surface area contributed by atoms with Gasteiger partial charge in [-0.05, 0) is 42.9 Å². The van der Waals surface area contributed by atoms with E-state index in [9.17, 15) is 0 Å². The molecule has 0 aromatic heterocycles. The molecule has 24 heavy (non-hydrogen) atoms. The van der Waals surface area contributed by atoms with E-state index in [2.05, 4.69) is 35.3 Å². The molecule has 1 fully saturated rings. The van der Waals surface area contributed by atoms with Gasteiger partial charge in [0.25, 0.3) is 0 Å². The zero-order valence-electron chi connectivity index (χ0n) is 13.8. The molecule has 2 aromatic carbocycles. The smallest absolute Gasteiger partial charge is 0.184 e. The summed E-state index contributed by atoms with van der Waals surface area (Å²) in [5.41, 5.74) is 1.91. The van der Waals surface area contributed by atoms with Crippen LogP contribution < -0.4 is 14.8 Å². The van der Waals surface area contributed by atoms with Crippen LogP contribution in [-0.4, -0.2) is 22.8 Å². The Labute approximate surface area is 147 Å². The number of methoxy groups -OCH3 is 1. The summed E-state index contributed by atoms with van der Waals surface area (Å²) in [6.07, 6.45) is 0.861. The number of hydrogen-bond acceptors (Lipinski definition) is 3. The van der Waals surface area contributed by atoms with Gasteiger partial charge in [-0.25, -0.2) is 0 Å². The average Bonchev–Trinajstić information content (AvgIpc) is 2.59. The van der Waals surface area contributed by atoms with Crippen LogP contribution in [0.25, 0.3) is 0 Å². The number of fused-ring (bicyclic) bond motifs is 4. The summed E-state index contributed by atoms with van der Waals surface area (Å²) in [6, 6.07) is 16.5. The molecule has 4 nitrogen and oxygen atoms in total. The highest BCUT2D eigenvalue weighted by Crippen LogP contribution is 2.44. The van der Waals surface area contributed by atoms with Gasteiger partial charge in [-0.3, -0.25) is 0 Å². The molecule has 0 amide bonds. The maximum Gasteiger partial charge on any atom is 0.184 e. The van der Waals surface area contributed by atoms with Crippen LogP contribution in [0.15, 0.2) is 48.5 Å².